The number of aryl methyl sites for hydroxylation is 1. The quantitative estimate of drug-likeness (QED) is 0.685. The van der Waals surface area contributed by atoms with Gasteiger partial charge in [-0.3, -0.25) is 0 Å². The third-order valence-corrected chi connectivity index (χ3v) is 7.27. The molecule has 0 spiro atoms. The molecule has 0 atom stereocenters. The molecular weight excluding hydrogens is 376 g/mol. The van der Waals surface area contributed by atoms with Crippen LogP contribution >= 0.6 is 34.3 Å². The maximum atomic E-state index is 12.4. The highest BCUT2D eigenvalue weighted by molar-refractivity contribution is 7.92. The number of ether oxygens (including phenoxy) is 1. The summed E-state index contributed by atoms with van der Waals surface area (Å²) < 4.78 is 37.4. The fourth-order valence-corrected chi connectivity index (χ4v) is 5.78. The van der Waals surface area contributed by atoms with E-state index in [4.69, 9.17) is 16.3 Å². The maximum absolute atomic E-state index is 12.4. The van der Waals surface area contributed by atoms with Gasteiger partial charge in [-0.05, 0) is 37.3 Å². The monoisotopic (exact) mass is 388 g/mol. The number of hydrogen-bond acceptors (Lipinski definition) is 5. The summed E-state index contributed by atoms with van der Waals surface area (Å²) in [6.45, 7) is 2.49. The first-order valence-electron chi connectivity index (χ1n) is 6.69. The highest BCUT2D eigenvalue weighted by Gasteiger charge is 2.16. The number of thiazole rings is 1. The van der Waals surface area contributed by atoms with Crippen LogP contribution in [-0.2, 0) is 17.1 Å². The second kappa shape index (κ2) is 6.27. The molecule has 0 amide bonds. The van der Waals surface area contributed by atoms with Gasteiger partial charge in [0.15, 0.2) is 0 Å². The molecule has 1 aromatic carbocycles. The molecule has 23 heavy (non-hydrogen) atoms. The molecule has 5 nitrogen and oxygen atoms in total. The lowest BCUT2D eigenvalue weighted by molar-refractivity contribution is 0.341. The molecule has 0 bridgehead atoms. The lowest BCUT2D eigenvalue weighted by atomic mass is 10.3. The van der Waals surface area contributed by atoms with E-state index in [1.165, 1.54) is 17.4 Å². The lowest BCUT2D eigenvalue weighted by Crippen LogP contribution is -2.13. The van der Waals surface area contributed by atoms with E-state index >= 15 is 0 Å². The van der Waals surface area contributed by atoms with Crippen LogP contribution in [0.1, 0.15) is 6.92 Å². The van der Waals surface area contributed by atoms with E-state index in [1.54, 1.807) is 17.7 Å². The van der Waals surface area contributed by atoms with Crippen molar-refractivity contribution in [2.75, 3.05) is 6.61 Å². The average Bonchev–Trinajstić information content (AvgIpc) is 3.05. The third kappa shape index (κ3) is 3.30. The van der Waals surface area contributed by atoms with Crippen molar-refractivity contribution in [3.8, 4) is 5.75 Å². The minimum Gasteiger partial charge on any atom is -0.494 e. The van der Waals surface area contributed by atoms with Crippen molar-refractivity contribution in [2.45, 2.75) is 11.1 Å². The van der Waals surface area contributed by atoms with E-state index in [2.05, 4.69) is 4.40 Å². The van der Waals surface area contributed by atoms with Gasteiger partial charge >= 0.3 is 0 Å². The van der Waals surface area contributed by atoms with E-state index < -0.39 is 10.0 Å². The topological polar surface area (TPSA) is 60.7 Å². The van der Waals surface area contributed by atoms with Crippen LogP contribution in [0.15, 0.2) is 38.9 Å². The first-order chi connectivity index (χ1) is 10.9. The highest BCUT2D eigenvalue weighted by atomic mass is 35.5. The summed E-state index contributed by atoms with van der Waals surface area (Å²) in [6, 6.07) is 8.65. The number of sulfonamides is 1. The molecule has 2 heterocycles. The fraction of sp³-hybridized carbons (Fsp3) is 0.214. The Balaban J connectivity index is 2.14. The van der Waals surface area contributed by atoms with E-state index in [0.29, 0.717) is 15.7 Å². The molecule has 0 aliphatic rings. The van der Waals surface area contributed by atoms with Gasteiger partial charge in [0.05, 0.1) is 21.2 Å². The summed E-state index contributed by atoms with van der Waals surface area (Å²) >= 11 is 8.10. The van der Waals surface area contributed by atoms with Crippen molar-refractivity contribution < 1.29 is 13.2 Å². The molecule has 0 aliphatic heterocycles. The van der Waals surface area contributed by atoms with Crippen molar-refractivity contribution in [1.82, 2.24) is 4.57 Å². The zero-order valence-corrected chi connectivity index (χ0v) is 15.5. The zero-order valence-electron chi connectivity index (χ0n) is 12.3. The van der Waals surface area contributed by atoms with Crippen LogP contribution in [0.4, 0.5) is 0 Å². The SMILES string of the molecule is CCOc1ccc2c(c1)sc(=NS(=O)(=O)c1ccc(Cl)s1)n2C. The normalized spacial score (nSPS) is 12.9. The van der Waals surface area contributed by atoms with Gasteiger partial charge in [-0.2, -0.15) is 8.42 Å². The predicted octanol–water partition coefficient (Wildman–Crippen LogP) is 3.64. The van der Waals surface area contributed by atoms with Crippen LogP contribution in [0, 0.1) is 0 Å². The number of rotatable bonds is 4. The number of hydrogen-bond donors (Lipinski definition) is 0. The molecule has 0 N–H and O–H groups in total. The van der Waals surface area contributed by atoms with Gasteiger partial charge < -0.3 is 9.30 Å². The van der Waals surface area contributed by atoms with Crippen molar-refractivity contribution in [3.63, 3.8) is 0 Å². The number of halogens is 1. The summed E-state index contributed by atoms with van der Waals surface area (Å²) in [6.07, 6.45) is 0. The Morgan fingerprint density at radius 1 is 1.26 bits per heavy atom. The number of fused-ring (bicyclic) bond motifs is 1. The van der Waals surface area contributed by atoms with Crippen LogP contribution < -0.4 is 9.54 Å². The average molecular weight is 389 g/mol. The number of thiophene rings is 1. The van der Waals surface area contributed by atoms with Gasteiger partial charge in [0.25, 0.3) is 10.0 Å². The summed E-state index contributed by atoms with van der Waals surface area (Å²) in [5.41, 5.74) is 0.900. The van der Waals surface area contributed by atoms with E-state index in [0.717, 1.165) is 27.3 Å². The van der Waals surface area contributed by atoms with E-state index in [1.807, 2.05) is 25.1 Å². The Hall–Kier alpha value is -1.35. The maximum Gasteiger partial charge on any atom is 0.294 e. The Kier molecular flexibility index (Phi) is 4.50. The van der Waals surface area contributed by atoms with Crippen molar-refractivity contribution >= 4 is 54.5 Å². The molecule has 0 saturated heterocycles. The lowest BCUT2D eigenvalue weighted by Gasteiger charge is -2.02. The van der Waals surface area contributed by atoms with Crippen LogP contribution in [0.3, 0.4) is 0 Å². The van der Waals surface area contributed by atoms with Crippen LogP contribution in [-0.4, -0.2) is 19.6 Å². The molecule has 0 aliphatic carbocycles. The first kappa shape index (κ1) is 16.5. The van der Waals surface area contributed by atoms with Crippen molar-refractivity contribution in [3.05, 3.63) is 39.5 Å². The zero-order chi connectivity index (χ0) is 16.6. The van der Waals surface area contributed by atoms with E-state index in [9.17, 15) is 8.42 Å². The van der Waals surface area contributed by atoms with Crippen molar-refractivity contribution in [2.24, 2.45) is 11.4 Å². The number of nitrogens with zero attached hydrogens (tertiary/aromatic N) is 2. The second-order valence-corrected chi connectivity index (χ2v) is 9.19. The van der Waals surface area contributed by atoms with Crippen LogP contribution in [0.5, 0.6) is 5.75 Å². The van der Waals surface area contributed by atoms with Crippen LogP contribution in [0.2, 0.25) is 4.34 Å². The molecule has 3 rings (SSSR count). The largest absolute Gasteiger partial charge is 0.494 e. The molecular formula is C14H13ClN2O3S3. The van der Waals surface area contributed by atoms with Gasteiger partial charge in [0.2, 0.25) is 4.80 Å². The summed E-state index contributed by atoms with van der Waals surface area (Å²) in [7, 11) is -1.98. The minimum absolute atomic E-state index is 0.134. The van der Waals surface area contributed by atoms with Crippen molar-refractivity contribution in [1.29, 1.82) is 0 Å². The van der Waals surface area contributed by atoms with Gasteiger partial charge in [-0.1, -0.05) is 22.9 Å². The molecule has 0 unspecified atom stereocenters. The van der Waals surface area contributed by atoms with Crippen LogP contribution in [0.25, 0.3) is 10.2 Å². The predicted molar refractivity (Wildman–Crippen MR) is 94.0 cm³/mol. The molecule has 0 fully saturated rings. The highest BCUT2D eigenvalue weighted by Crippen LogP contribution is 2.27. The van der Waals surface area contributed by atoms with Gasteiger partial charge in [-0.15, -0.1) is 15.7 Å². The van der Waals surface area contributed by atoms with E-state index in [-0.39, 0.29) is 4.21 Å². The summed E-state index contributed by atoms with van der Waals surface area (Å²) in [4.78, 5) is 0.401. The van der Waals surface area contributed by atoms with Gasteiger partial charge in [-0.25, -0.2) is 0 Å². The summed E-state index contributed by atoms with van der Waals surface area (Å²) in [5.74, 6) is 0.751. The first-order valence-corrected chi connectivity index (χ1v) is 10.1. The van der Waals surface area contributed by atoms with Gasteiger partial charge in [0.1, 0.15) is 9.96 Å². The third-order valence-electron chi connectivity index (χ3n) is 3.09. The Bertz CT molecular complexity index is 1030. The standard InChI is InChI=1S/C14H13ClN2O3S3/c1-3-20-9-4-5-10-11(8-9)21-14(17(10)2)16-23(18,19)13-7-6-12(15)22-13/h4-8H,3H2,1-2H3. The Labute approximate surface area is 146 Å². The number of aromatic nitrogens is 1. The fourth-order valence-electron chi connectivity index (χ4n) is 2.04. The molecule has 0 saturated carbocycles. The number of benzene rings is 1. The molecule has 2 aromatic heterocycles. The summed E-state index contributed by atoms with van der Waals surface area (Å²) in [5, 5.41) is 0. The van der Waals surface area contributed by atoms with Gasteiger partial charge in [0, 0.05) is 7.05 Å². The Morgan fingerprint density at radius 2 is 2.04 bits per heavy atom. The molecule has 3 aromatic rings. The molecule has 0 radical (unpaired) electrons. The molecule has 122 valence electrons. The second-order valence-electron chi connectivity index (χ2n) is 4.63. The Morgan fingerprint density at radius 3 is 2.70 bits per heavy atom. The minimum atomic E-state index is -3.77. The smallest absolute Gasteiger partial charge is 0.294 e. The molecule has 9 heteroatoms.